The Labute approximate surface area is 112 Å². The predicted molar refractivity (Wildman–Crippen MR) is 73.6 cm³/mol. The molecule has 0 saturated heterocycles. The van der Waals surface area contributed by atoms with Gasteiger partial charge < -0.3 is 5.32 Å². The van der Waals surface area contributed by atoms with Crippen molar-refractivity contribution in [3.63, 3.8) is 0 Å². The highest BCUT2D eigenvalue weighted by molar-refractivity contribution is 14.1. The highest BCUT2D eigenvalue weighted by Crippen LogP contribution is 2.23. The zero-order chi connectivity index (χ0) is 12.3. The number of nitriles is 1. The van der Waals surface area contributed by atoms with Crippen molar-refractivity contribution < 1.29 is 4.39 Å². The fourth-order valence-corrected chi connectivity index (χ4v) is 2.01. The van der Waals surface area contributed by atoms with Crippen molar-refractivity contribution in [1.29, 1.82) is 5.26 Å². The Morgan fingerprint density at radius 3 is 2.65 bits per heavy atom. The van der Waals surface area contributed by atoms with Crippen molar-refractivity contribution in [1.82, 2.24) is 0 Å². The first kappa shape index (κ1) is 11.9. The van der Waals surface area contributed by atoms with E-state index in [1.807, 2.05) is 30.3 Å². The van der Waals surface area contributed by atoms with Gasteiger partial charge in [-0.25, -0.2) is 4.39 Å². The maximum Gasteiger partial charge on any atom is 0.143 e. The minimum absolute atomic E-state index is 0.0337. The summed E-state index contributed by atoms with van der Waals surface area (Å²) in [6.07, 6.45) is 0. The molecular formula is C13H8FIN2. The molecule has 0 heterocycles. The first-order chi connectivity index (χ1) is 8.20. The molecule has 0 aliphatic carbocycles. The van der Waals surface area contributed by atoms with Crippen LogP contribution in [0.5, 0.6) is 0 Å². The Kier molecular flexibility index (Phi) is 3.59. The van der Waals surface area contributed by atoms with E-state index in [2.05, 4.69) is 27.9 Å². The van der Waals surface area contributed by atoms with Crippen LogP contribution in [0.25, 0.3) is 0 Å². The summed E-state index contributed by atoms with van der Waals surface area (Å²) >= 11 is 2.19. The zero-order valence-electron chi connectivity index (χ0n) is 8.74. The van der Waals surface area contributed by atoms with E-state index in [9.17, 15) is 4.39 Å². The molecule has 0 saturated carbocycles. The van der Waals surface area contributed by atoms with Crippen LogP contribution in [0.1, 0.15) is 5.56 Å². The number of halogens is 2. The molecule has 0 aliphatic heterocycles. The molecule has 17 heavy (non-hydrogen) atoms. The molecule has 0 bridgehead atoms. The summed E-state index contributed by atoms with van der Waals surface area (Å²) in [5.74, 6) is -0.511. The first-order valence-corrected chi connectivity index (χ1v) is 6.00. The molecule has 4 heteroatoms. The van der Waals surface area contributed by atoms with Crippen molar-refractivity contribution in [2.75, 3.05) is 5.32 Å². The maximum atomic E-state index is 13.4. The van der Waals surface area contributed by atoms with Gasteiger partial charge in [-0.1, -0.05) is 12.1 Å². The predicted octanol–water partition coefficient (Wildman–Crippen LogP) is 4.05. The topological polar surface area (TPSA) is 35.8 Å². The number of anilines is 2. The summed E-state index contributed by atoms with van der Waals surface area (Å²) in [6, 6.07) is 14.0. The van der Waals surface area contributed by atoms with Gasteiger partial charge >= 0.3 is 0 Å². The lowest BCUT2D eigenvalue weighted by atomic mass is 10.1. The third kappa shape index (κ3) is 2.74. The number of nitrogens with zero attached hydrogens (tertiary/aromatic N) is 1. The van der Waals surface area contributed by atoms with E-state index >= 15 is 0 Å². The van der Waals surface area contributed by atoms with E-state index in [-0.39, 0.29) is 5.56 Å². The van der Waals surface area contributed by atoms with Gasteiger partial charge in [-0.3, -0.25) is 0 Å². The van der Waals surface area contributed by atoms with Crippen LogP contribution < -0.4 is 5.32 Å². The van der Waals surface area contributed by atoms with Crippen molar-refractivity contribution >= 4 is 34.0 Å². The molecule has 84 valence electrons. The van der Waals surface area contributed by atoms with Crippen molar-refractivity contribution in [2.24, 2.45) is 0 Å². The summed E-state index contributed by atoms with van der Waals surface area (Å²) in [6.45, 7) is 0. The summed E-state index contributed by atoms with van der Waals surface area (Å²) in [5, 5.41) is 11.9. The highest BCUT2D eigenvalue weighted by atomic mass is 127. The fourth-order valence-electron chi connectivity index (χ4n) is 1.46. The van der Waals surface area contributed by atoms with Crippen molar-refractivity contribution in [2.45, 2.75) is 0 Å². The van der Waals surface area contributed by atoms with E-state index in [1.165, 1.54) is 6.07 Å². The van der Waals surface area contributed by atoms with Crippen LogP contribution in [0.2, 0.25) is 0 Å². The van der Waals surface area contributed by atoms with E-state index in [0.29, 0.717) is 5.69 Å². The molecule has 0 amide bonds. The molecule has 2 nitrogen and oxygen atoms in total. The first-order valence-electron chi connectivity index (χ1n) is 4.92. The second kappa shape index (κ2) is 5.15. The van der Waals surface area contributed by atoms with Crippen molar-refractivity contribution in [3.8, 4) is 6.07 Å². The fraction of sp³-hybridized carbons (Fsp3) is 0. The maximum absolute atomic E-state index is 13.4. The number of benzene rings is 2. The Bertz CT molecular complexity index is 590. The average Bonchev–Trinajstić information content (AvgIpc) is 2.29. The standard InChI is InChI=1S/C13H8FIN2/c14-12-5-2-6-13(11(12)8-16)17-10-4-1-3-9(15)7-10/h1-7,17H. The molecule has 2 aromatic rings. The Morgan fingerprint density at radius 2 is 1.94 bits per heavy atom. The van der Waals surface area contributed by atoms with Crippen LogP contribution in [0, 0.1) is 20.7 Å². The normalized spacial score (nSPS) is 9.71. The quantitative estimate of drug-likeness (QED) is 0.839. The largest absolute Gasteiger partial charge is 0.354 e. The van der Waals surface area contributed by atoms with Gasteiger partial charge in [0.25, 0.3) is 0 Å². The number of hydrogen-bond donors (Lipinski definition) is 1. The summed E-state index contributed by atoms with van der Waals surface area (Å²) in [7, 11) is 0. The summed E-state index contributed by atoms with van der Waals surface area (Å²) in [5.41, 5.74) is 1.35. The van der Waals surface area contributed by atoms with Gasteiger partial charge in [-0.05, 0) is 52.9 Å². The molecule has 0 aliphatic rings. The van der Waals surface area contributed by atoms with Crippen molar-refractivity contribution in [3.05, 3.63) is 57.4 Å². The second-order valence-corrected chi connectivity index (χ2v) is 4.66. The van der Waals surface area contributed by atoms with Gasteiger partial charge in [0.15, 0.2) is 0 Å². The molecule has 0 atom stereocenters. The minimum Gasteiger partial charge on any atom is -0.354 e. The van der Waals surface area contributed by atoms with Crippen LogP contribution >= 0.6 is 22.6 Å². The third-order valence-electron chi connectivity index (χ3n) is 2.23. The van der Waals surface area contributed by atoms with Gasteiger partial charge in [0, 0.05) is 9.26 Å². The zero-order valence-corrected chi connectivity index (χ0v) is 10.9. The number of nitrogens with one attached hydrogen (secondary N) is 1. The monoisotopic (exact) mass is 338 g/mol. The smallest absolute Gasteiger partial charge is 0.143 e. The molecule has 0 fully saturated rings. The average molecular weight is 338 g/mol. The lowest BCUT2D eigenvalue weighted by molar-refractivity contribution is 0.624. The van der Waals surface area contributed by atoms with Gasteiger partial charge in [-0.2, -0.15) is 5.26 Å². The van der Waals surface area contributed by atoms with Crippen LogP contribution in [0.3, 0.4) is 0 Å². The number of hydrogen-bond acceptors (Lipinski definition) is 2. The van der Waals surface area contributed by atoms with E-state index in [1.54, 1.807) is 12.1 Å². The van der Waals surface area contributed by atoms with E-state index in [4.69, 9.17) is 5.26 Å². The Balaban J connectivity index is 2.37. The summed E-state index contributed by atoms with van der Waals surface area (Å²) < 4.78 is 14.4. The van der Waals surface area contributed by atoms with Crippen LogP contribution in [0.4, 0.5) is 15.8 Å². The molecule has 1 N–H and O–H groups in total. The van der Waals surface area contributed by atoms with Crippen LogP contribution in [0.15, 0.2) is 42.5 Å². The van der Waals surface area contributed by atoms with Gasteiger partial charge in [0.1, 0.15) is 17.4 Å². The highest BCUT2D eigenvalue weighted by Gasteiger charge is 2.07. The van der Waals surface area contributed by atoms with Gasteiger partial charge in [-0.15, -0.1) is 0 Å². The van der Waals surface area contributed by atoms with Gasteiger partial charge in [0.05, 0.1) is 5.69 Å². The SMILES string of the molecule is N#Cc1c(F)cccc1Nc1cccc(I)c1. The third-order valence-corrected chi connectivity index (χ3v) is 2.90. The summed E-state index contributed by atoms with van der Waals surface area (Å²) in [4.78, 5) is 0. The molecular weight excluding hydrogens is 330 g/mol. The molecule has 2 rings (SSSR count). The minimum atomic E-state index is -0.511. The Morgan fingerprint density at radius 1 is 1.18 bits per heavy atom. The van der Waals surface area contributed by atoms with E-state index < -0.39 is 5.82 Å². The molecule has 0 aromatic heterocycles. The molecule has 0 spiro atoms. The molecule has 0 radical (unpaired) electrons. The second-order valence-electron chi connectivity index (χ2n) is 3.41. The Hall–Kier alpha value is -1.61. The lowest BCUT2D eigenvalue weighted by Crippen LogP contribution is -1.96. The lowest BCUT2D eigenvalue weighted by Gasteiger charge is -2.08. The van der Waals surface area contributed by atoms with Crippen LogP contribution in [-0.4, -0.2) is 0 Å². The molecule has 2 aromatic carbocycles. The van der Waals surface area contributed by atoms with Gasteiger partial charge in [0.2, 0.25) is 0 Å². The van der Waals surface area contributed by atoms with E-state index in [0.717, 1.165) is 9.26 Å². The number of rotatable bonds is 2. The van der Waals surface area contributed by atoms with Crippen LogP contribution in [-0.2, 0) is 0 Å². The molecule has 0 unspecified atom stereocenters.